The fourth-order valence-corrected chi connectivity index (χ4v) is 3.24. The molecule has 108 valence electrons. The monoisotopic (exact) mass is 358 g/mol. The van der Waals surface area contributed by atoms with Gasteiger partial charge in [-0.1, -0.05) is 15.9 Å². The highest BCUT2D eigenvalue weighted by Gasteiger charge is 2.21. The number of nitrogens with one attached hydrogen (secondary N) is 1. The molecule has 1 unspecified atom stereocenters. The van der Waals surface area contributed by atoms with Crippen LogP contribution in [0, 0.1) is 13.8 Å². The van der Waals surface area contributed by atoms with Crippen LogP contribution in [0.1, 0.15) is 30.2 Å². The summed E-state index contributed by atoms with van der Waals surface area (Å²) in [6.45, 7) is 5.29. The number of hydrogen-bond donors (Lipinski definition) is 1. The molecule has 2 aromatic rings. The van der Waals surface area contributed by atoms with Crippen molar-refractivity contribution in [3.05, 3.63) is 46.1 Å². The Morgan fingerprint density at radius 3 is 2.60 bits per heavy atom. The van der Waals surface area contributed by atoms with Crippen LogP contribution in [-0.2, 0) is 10.0 Å². The first kappa shape index (κ1) is 15.2. The van der Waals surface area contributed by atoms with E-state index in [1.54, 1.807) is 38.2 Å². The van der Waals surface area contributed by atoms with Crippen LogP contribution in [0.2, 0.25) is 0 Å². The fourth-order valence-electron chi connectivity index (χ4n) is 1.71. The molecule has 0 fully saturated rings. The van der Waals surface area contributed by atoms with Crippen LogP contribution in [0.5, 0.6) is 0 Å². The van der Waals surface area contributed by atoms with E-state index in [0.717, 1.165) is 10.0 Å². The van der Waals surface area contributed by atoms with Gasteiger partial charge in [0.1, 0.15) is 5.76 Å². The number of nitrogens with zero attached hydrogens (tertiary/aromatic N) is 1. The maximum atomic E-state index is 12.3. The molecule has 0 aliphatic carbocycles. The van der Waals surface area contributed by atoms with Gasteiger partial charge in [0.25, 0.3) is 0 Å². The summed E-state index contributed by atoms with van der Waals surface area (Å²) >= 11 is 3.35. The van der Waals surface area contributed by atoms with E-state index in [2.05, 4.69) is 25.6 Å². The smallest absolute Gasteiger partial charge is 0.241 e. The van der Waals surface area contributed by atoms with Crippen molar-refractivity contribution in [2.24, 2.45) is 0 Å². The summed E-state index contributed by atoms with van der Waals surface area (Å²) in [5.41, 5.74) is 0.854. The van der Waals surface area contributed by atoms with E-state index in [1.165, 1.54) is 0 Å². The first-order valence-corrected chi connectivity index (χ1v) is 8.28. The van der Waals surface area contributed by atoms with E-state index in [9.17, 15) is 8.42 Å². The summed E-state index contributed by atoms with van der Waals surface area (Å²) in [5, 5.41) is 0. The Balaban J connectivity index is 2.24. The second-order valence-electron chi connectivity index (χ2n) is 4.56. The summed E-state index contributed by atoms with van der Waals surface area (Å²) in [7, 11) is -3.61. The molecule has 0 saturated heterocycles. The summed E-state index contributed by atoms with van der Waals surface area (Å²) in [6.07, 6.45) is 1.56. The lowest BCUT2D eigenvalue weighted by atomic mass is 10.2. The molecule has 1 aromatic heterocycles. The molecule has 1 aromatic carbocycles. The lowest BCUT2D eigenvalue weighted by molar-refractivity contribution is 0.428. The Kier molecular flexibility index (Phi) is 4.31. The van der Waals surface area contributed by atoms with Crippen molar-refractivity contribution in [1.82, 2.24) is 9.71 Å². The Bertz CT molecular complexity index is 725. The molecular formula is C13H15BrN2O3S. The summed E-state index contributed by atoms with van der Waals surface area (Å²) in [6, 6.07) is 4.34. The molecule has 0 aliphatic rings. The number of rotatable bonds is 4. The van der Waals surface area contributed by atoms with Crippen LogP contribution < -0.4 is 4.72 Å². The maximum Gasteiger partial charge on any atom is 0.241 e. The molecular weight excluding hydrogens is 344 g/mol. The van der Waals surface area contributed by atoms with Crippen LogP contribution in [0.15, 0.2) is 38.2 Å². The van der Waals surface area contributed by atoms with Gasteiger partial charge < -0.3 is 4.42 Å². The third-order valence-corrected chi connectivity index (χ3v) is 5.21. The molecule has 7 heteroatoms. The SMILES string of the molecule is Cc1cnc(C(C)NS(=O)(=O)c2ccc(Br)c(C)c2)o1. The lowest BCUT2D eigenvalue weighted by Gasteiger charge is -2.12. The second kappa shape index (κ2) is 5.67. The molecule has 0 radical (unpaired) electrons. The van der Waals surface area contributed by atoms with Crippen LogP contribution in [0.3, 0.4) is 0 Å². The van der Waals surface area contributed by atoms with Crippen molar-refractivity contribution < 1.29 is 12.8 Å². The number of oxazole rings is 1. The van der Waals surface area contributed by atoms with Crippen LogP contribution >= 0.6 is 15.9 Å². The highest BCUT2D eigenvalue weighted by molar-refractivity contribution is 9.10. The third-order valence-electron chi connectivity index (χ3n) is 2.78. The van der Waals surface area contributed by atoms with Crippen molar-refractivity contribution in [2.45, 2.75) is 31.7 Å². The Labute approximate surface area is 126 Å². The van der Waals surface area contributed by atoms with Crippen molar-refractivity contribution in [3.63, 3.8) is 0 Å². The largest absolute Gasteiger partial charge is 0.444 e. The molecule has 0 bridgehead atoms. The fraction of sp³-hybridized carbons (Fsp3) is 0.308. The van der Waals surface area contributed by atoms with E-state index in [0.29, 0.717) is 11.7 Å². The zero-order valence-electron chi connectivity index (χ0n) is 11.3. The first-order chi connectivity index (χ1) is 9.29. The van der Waals surface area contributed by atoms with Gasteiger partial charge in [0.05, 0.1) is 17.1 Å². The minimum absolute atomic E-state index is 0.216. The predicted molar refractivity (Wildman–Crippen MR) is 78.9 cm³/mol. The molecule has 5 nitrogen and oxygen atoms in total. The van der Waals surface area contributed by atoms with Crippen LogP contribution in [0.4, 0.5) is 0 Å². The van der Waals surface area contributed by atoms with E-state index < -0.39 is 16.1 Å². The molecule has 1 N–H and O–H groups in total. The van der Waals surface area contributed by atoms with Crippen molar-refractivity contribution in [3.8, 4) is 0 Å². The number of hydrogen-bond acceptors (Lipinski definition) is 4. The van der Waals surface area contributed by atoms with E-state index in [-0.39, 0.29) is 4.90 Å². The minimum Gasteiger partial charge on any atom is -0.444 e. The predicted octanol–water partition coefficient (Wildman–Crippen LogP) is 3.09. The van der Waals surface area contributed by atoms with Gasteiger partial charge in [-0.2, -0.15) is 4.72 Å². The summed E-state index contributed by atoms with van der Waals surface area (Å²) in [5.74, 6) is 0.991. The van der Waals surface area contributed by atoms with Gasteiger partial charge >= 0.3 is 0 Å². The highest BCUT2D eigenvalue weighted by atomic mass is 79.9. The third kappa shape index (κ3) is 3.28. The van der Waals surface area contributed by atoms with Crippen molar-refractivity contribution in [2.75, 3.05) is 0 Å². The Hall–Kier alpha value is -1.18. The second-order valence-corrected chi connectivity index (χ2v) is 7.13. The molecule has 0 aliphatic heterocycles. The Morgan fingerprint density at radius 1 is 1.35 bits per heavy atom. The molecule has 0 amide bonds. The zero-order valence-corrected chi connectivity index (χ0v) is 13.7. The van der Waals surface area contributed by atoms with Gasteiger partial charge in [-0.25, -0.2) is 13.4 Å². The van der Waals surface area contributed by atoms with Gasteiger partial charge in [-0.3, -0.25) is 0 Å². The van der Waals surface area contributed by atoms with Gasteiger partial charge in [0.2, 0.25) is 15.9 Å². The zero-order chi connectivity index (χ0) is 14.9. The summed E-state index contributed by atoms with van der Waals surface area (Å²) < 4.78 is 33.3. The van der Waals surface area contributed by atoms with Gasteiger partial charge in [0, 0.05) is 4.47 Å². The molecule has 0 spiro atoms. The van der Waals surface area contributed by atoms with Gasteiger partial charge in [-0.15, -0.1) is 0 Å². The standard InChI is InChI=1S/C13H15BrN2O3S/c1-8-6-11(4-5-12(8)14)20(17,18)16-10(3)13-15-7-9(2)19-13/h4-7,10,16H,1-3H3. The topological polar surface area (TPSA) is 72.2 Å². The molecule has 20 heavy (non-hydrogen) atoms. The van der Waals surface area contributed by atoms with Crippen molar-refractivity contribution >= 4 is 26.0 Å². The van der Waals surface area contributed by atoms with E-state index in [4.69, 9.17) is 4.42 Å². The average molecular weight is 359 g/mol. The lowest BCUT2D eigenvalue weighted by Crippen LogP contribution is -2.27. The highest BCUT2D eigenvalue weighted by Crippen LogP contribution is 2.22. The number of sulfonamides is 1. The maximum absolute atomic E-state index is 12.3. The molecule has 1 heterocycles. The quantitative estimate of drug-likeness (QED) is 0.911. The van der Waals surface area contributed by atoms with Crippen molar-refractivity contribution in [1.29, 1.82) is 0 Å². The normalized spacial score (nSPS) is 13.4. The number of aryl methyl sites for hydroxylation is 2. The number of halogens is 1. The van der Waals surface area contributed by atoms with E-state index >= 15 is 0 Å². The average Bonchev–Trinajstić information content (AvgIpc) is 2.79. The van der Waals surface area contributed by atoms with Crippen LogP contribution in [-0.4, -0.2) is 13.4 Å². The first-order valence-electron chi connectivity index (χ1n) is 6.00. The van der Waals surface area contributed by atoms with Crippen LogP contribution in [0.25, 0.3) is 0 Å². The molecule has 1 atom stereocenters. The van der Waals surface area contributed by atoms with E-state index in [1.807, 2.05) is 6.92 Å². The number of aromatic nitrogens is 1. The van der Waals surface area contributed by atoms with Gasteiger partial charge in [0.15, 0.2) is 0 Å². The molecule has 2 rings (SSSR count). The minimum atomic E-state index is -3.61. The van der Waals surface area contributed by atoms with Gasteiger partial charge in [-0.05, 0) is 44.5 Å². The number of benzene rings is 1. The summed E-state index contributed by atoms with van der Waals surface area (Å²) in [4.78, 5) is 4.24. The Morgan fingerprint density at radius 2 is 2.05 bits per heavy atom. The molecule has 0 saturated carbocycles.